The molecule has 0 unspecified atom stereocenters. The second kappa shape index (κ2) is 12.9. The second-order valence-corrected chi connectivity index (χ2v) is 10.2. The van der Waals surface area contributed by atoms with Gasteiger partial charge in [-0.1, -0.05) is 63.9 Å². The number of fused-ring (bicyclic) bond motifs is 1. The van der Waals surface area contributed by atoms with Crippen molar-refractivity contribution < 1.29 is 23.8 Å². The van der Waals surface area contributed by atoms with Crippen molar-refractivity contribution in [1.29, 1.82) is 0 Å². The van der Waals surface area contributed by atoms with E-state index in [0.29, 0.717) is 50.9 Å². The summed E-state index contributed by atoms with van der Waals surface area (Å²) in [5.41, 5.74) is 5.81. The molecule has 5 rings (SSSR count). The van der Waals surface area contributed by atoms with Crippen molar-refractivity contribution in [3.8, 4) is 28.4 Å². The third-order valence-electron chi connectivity index (χ3n) is 6.32. The zero-order valence-electron chi connectivity index (χ0n) is 22.6. The maximum Gasteiger partial charge on any atom is 0.343 e. The molecule has 0 aliphatic rings. The minimum atomic E-state index is -0.499. The Kier molecular flexibility index (Phi) is 8.90. The Balaban J connectivity index is 1.42. The number of methoxy groups -OCH3 is 1. The Morgan fingerprint density at radius 1 is 0.976 bits per heavy atom. The van der Waals surface area contributed by atoms with Crippen LogP contribution in [0.25, 0.3) is 22.0 Å². The molecule has 1 aromatic heterocycles. The summed E-state index contributed by atoms with van der Waals surface area (Å²) >= 11 is 10.2. The number of aromatic nitrogens is 1. The maximum absolute atomic E-state index is 13.5. The van der Waals surface area contributed by atoms with E-state index in [2.05, 4.69) is 31.4 Å². The fourth-order valence-electron chi connectivity index (χ4n) is 4.42. The van der Waals surface area contributed by atoms with Gasteiger partial charge in [-0.25, -0.2) is 10.2 Å². The van der Waals surface area contributed by atoms with E-state index in [-0.39, 0.29) is 11.4 Å². The number of benzene rings is 4. The van der Waals surface area contributed by atoms with Crippen molar-refractivity contribution in [3.63, 3.8) is 0 Å². The average molecular weight is 647 g/mol. The van der Waals surface area contributed by atoms with Crippen molar-refractivity contribution in [1.82, 2.24) is 10.4 Å². The van der Waals surface area contributed by atoms with E-state index in [9.17, 15) is 9.59 Å². The first kappa shape index (κ1) is 28.9. The minimum absolute atomic E-state index is 0.263. The number of halogens is 2. The number of hydrazone groups is 1. The third-order valence-corrected chi connectivity index (χ3v) is 7.31. The first-order valence-corrected chi connectivity index (χ1v) is 14.1. The molecule has 10 heteroatoms. The lowest BCUT2D eigenvalue weighted by Gasteiger charge is -2.11. The Morgan fingerprint density at radius 2 is 1.71 bits per heavy atom. The number of hydrogen-bond donors (Lipinski definition) is 2. The van der Waals surface area contributed by atoms with Crippen LogP contribution in [0.1, 0.15) is 33.3 Å². The Labute approximate surface area is 255 Å². The summed E-state index contributed by atoms with van der Waals surface area (Å²) in [6.07, 6.45) is 1.47. The van der Waals surface area contributed by atoms with Crippen LogP contribution in [0.5, 0.6) is 17.2 Å². The summed E-state index contributed by atoms with van der Waals surface area (Å²) in [6, 6.07) is 24.6. The van der Waals surface area contributed by atoms with Crippen molar-refractivity contribution >= 4 is 56.5 Å². The molecule has 212 valence electrons. The predicted octanol–water partition coefficient (Wildman–Crippen LogP) is 7.64. The van der Waals surface area contributed by atoms with Crippen LogP contribution in [0.3, 0.4) is 0 Å². The summed E-state index contributed by atoms with van der Waals surface area (Å²) in [7, 11) is 1.56. The minimum Gasteiger partial charge on any atom is -0.495 e. The number of H-pyrrole nitrogens is 1. The lowest BCUT2D eigenvalue weighted by atomic mass is 10.0. The number of rotatable bonds is 9. The smallest absolute Gasteiger partial charge is 0.343 e. The predicted molar refractivity (Wildman–Crippen MR) is 167 cm³/mol. The molecule has 0 saturated carbocycles. The number of aromatic amines is 1. The van der Waals surface area contributed by atoms with Gasteiger partial charge in [0.1, 0.15) is 11.4 Å². The second-order valence-electron chi connectivity index (χ2n) is 8.95. The molecule has 0 fully saturated rings. The lowest BCUT2D eigenvalue weighted by molar-refractivity contribution is 0.0728. The third kappa shape index (κ3) is 6.02. The van der Waals surface area contributed by atoms with Crippen LogP contribution in [0, 0.1) is 0 Å². The van der Waals surface area contributed by atoms with E-state index < -0.39 is 11.9 Å². The van der Waals surface area contributed by atoms with Crippen LogP contribution >= 0.6 is 27.5 Å². The SMILES string of the molecule is CCOc1cc(C=NNC(=O)c2[nH]c3c(OC)ccc(Br)c3c2-c2ccccc2Cl)ccc1OC(=O)c1ccccc1. The van der Waals surface area contributed by atoms with Crippen molar-refractivity contribution in [2.75, 3.05) is 13.7 Å². The molecule has 1 heterocycles. The van der Waals surface area contributed by atoms with Gasteiger partial charge in [-0.15, -0.1) is 0 Å². The first-order chi connectivity index (χ1) is 20.4. The van der Waals surface area contributed by atoms with Crippen molar-refractivity contribution in [2.45, 2.75) is 6.92 Å². The first-order valence-electron chi connectivity index (χ1n) is 12.9. The molecule has 0 aliphatic heterocycles. The Bertz CT molecular complexity index is 1800. The summed E-state index contributed by atoms with van der Waals surface area (Å²) in [4.78, 5) is 29.2. The van der Waals surface area contributed by atoms with Gasteiger partial charge in [0.05, 0.1) is 31.0 Å². The zero-order valence-corrected chi connectivity index (χ0v) is 25.0. The van der Waals surface area contributed by atoms with Crippen molar-refractivity contribution in [3.05, 3.63) is 111 Å². The molecule has 42 heavy (non-hydrogen) atoms. The molecular formula is C32H25BrClN3O5. The molecule has 0 spiro atoms. The highest BCUT2D eigenvalue weighted by atomic mass is 79.9. The number of nitrogens with one attached hydrogen (secondary N) is 2. The van der Waals surface area contributed by atoms with E-state index in [1.807, 2.05) is 37.3 Å². The molecule has 0 atom stereocenters. The number of nitrogens with zero attached hydrogens (tertiary/aromatic N) is 1. The molecule has 1 amide bonds. The average Bonchev–Trinajstić information content (AvgIpc) is 3.41. The van der Waals surface area contributed by atoms with Gasteiger partial charge in [-0.2, -0.15) is 5.10 Å². The Morgan fingerprint density at radius 3 is 2.45 bits per heavy atom. The van der Waals surface area contributed by atoms with Gasteiger partial charge in [-0.05, 0) is 61.0 Å². The van der Waals surface area contributed by atoms with E-state index >= 15 is 0 Å². The summed E-state index contributed by atoms with van der Waals surface area (Å²) in [5, 5.41) is 5.40. The van der Waals surface area contributed by atoms with Crippen LogP contribution in [-0.2, 0) is 0 Å². The van der Waals surface area contributed by atoms with Gasteiger partial charge >= 0.3 is 5.97 Å². The monoisotopic (exact) mass is 645 g/mol. The molecule has 0 saturated heterocycles. The number of hydrogen-bond acceptors (Lipinski definition) is 6. The quantitative estimate of drug-likeness (QED) is 0.0742. The number of carbonyl (C=O) groups excluding carboxylic acids is 2. The van der Waals surface area contributed by atoms with Crippen LogP contribution in [0.2, 0.25) is 5.02 Å². The highest BCUT2D eigenvalue weighted by Gasteiger charge is 2.24. The fourth-order valence-corrected chi connectivity index (χ4v) is 5.18. The maximum atomic E-state index is 13.5. The molecule has 2 N–H and O–H groups in total. The van der Waals surface area contributed by atoms with Gasteiger partial charge in [0.25, 0.3) is 5.91 Å². The Hall–Kier alpha value is -4.60. The standard InChI is InChI=1S/C32H25BrClN3O5/c1-3-41-26-17-19(13-15-24(26)42-32(39)20-9-5-4-6-10-20)18-35-37-31(38)30-27(21-11-7-8-12-23(21)34)28-22(33)14-16-25(40-2)29(28)36-30/h4-18,36H,3H2,1-2H3,(H,37,38). The molecule has 5 aromatic rings. The van der Waals surface area contributed by atoms with Crippen LogP contribution in [0.4, 0.5) is 0 Å². The highest BCUT2D eigenvalue weighted by Crippen LogP contribution is 2.43. The normalized spacial score (nSPS) is 11.0. The molecular weight excluding hydrogens is 622 g/mol. The van der Waals surface area contributed by atoms with Crippen LogP contribution < -0.4 is 19.6 Å². The van der Waals surface area contributed by atoms with E-state index in [4.69, 9.17) is 25.8 Å². The van der Waals surface area contributed by atoms with E-state index in [1.165, 1.54) is 6.21 Å². The number of esters is 1. The van der Waals surface area contributed by atoms with Gasteiger partial charge in [0.2, 0.25) is 0 Å². The number of ether oxygens (including phenoxy) is 3. The van der Waals surface area contributed by atoms with Gasteiger partial charge < -0.3 is 19.2 Å². The van der Waals surface area contributed by atoms with Gasteiger partial charge in [0, 0.05) is 26.0 Å². The highest BCUT2D eigenvalue weighted by molar-refractivity contribution is 9.10. The molecule has 0 bridgehead atoms. The molecule has 4 aromatic carbocycles. The molecule has 0 radical (unpaired) electrons. The van der Waals surface area contributed by atoms with E-state index in [1.54, 1.807) is 61.7 Å². The topological polar surface area (TPSA) is 102 Å². The van der Waals surface area contributed by atoms with Gasteiger partial charge in [-0.3, -0.25) is 4.79 Å². The van der Waals surface area contributed by atoms with Gasteiger partial charge in [0.15, 0.2) is 11.5 Å². The fraction of sp³-hybridized carbons (Fsp3) is 0.0938. The van der Waals surface area contributed by atoms with Crippen LogP contribution in [-0.4, -0.2) is 36.8 Å². The summed E-state index contributed by atoms with van der Waals surface area (Å²) < 4.78 is 17.6. The van der Waals surface area contributed by atoms with E-state index in [0.717, 1.165) is 9.86 Å². The number of amides is 1. The largest absolute Gasteiger partial charge is 0.495 e. The summed E-state index contributed by atoms with van der Waals surface area (Å²) in [6.45, 7) is 2.19. The summed E-state index contributed by atoms with van der Waals surface area (Å²) in [5.74, 6) is 0.228. The van der Waals surface area contributed by atoms with Crippen molar-refractivity contribution in [2.24, 2.45) is 5.10 Å². The zero-order chi connectivity index (χ0) is 29.6. The van der Waals surface area contributed by atoms with Crippen LogP contribution in [0.15, 0.2) is 94.5 Å². The molecule has 8 nitrogen and oxygen atoms in total. The number of carbonyl (C=O) groups is 2. The lowest BCUT2D eigenvalue weighted by Crippen LogP contribution is -2.19. The molecule has 0 aliphatic carbocycles.